The van der Waals surface area contributed by atoms with Gasteiger partial charge in [-0.3, -0.25) is 24.5 Å². The smallest absolute Gasteiger partial charge is 0.287 e. The Bertz CT molecular complexity index is 1520. The number of para-hydroxylation sites is 1. The molecule has 4 aromatic rings. The van der Waals surface area contributed by atoms with Crippen LogP contribution < -0.4 is 27.2 Å². The first kappa shape index (κ1) is 21.6. The van der Waals surface area contributed by atoms with Crippen LogP contribution in [0.25, 0.3) is 16.5 Å². The molecule has 0 amide bonds. The number of benzene rings is 2. The third kappa shape index (κ3) is 3.20. The number of hydrogen-bond donors (Lipinski definition) is 1. The van der Waals surface area contributed by atoms with Crippen LogP contribution in [0.2, 0.25) is 20.1 Å². The second-order valence-corrected chi connectivity index (χ2v) is 8.18. The molecule has 0 unspecified atom stereocenters. The summed E-state index contributed by atoms with van der Waals surface area (Å²) in [7, 11) is 1.70. The van der Waals surface area contributed by atoms with Crippen LogP contribution in [-0.2, 0) is 7.05 Å². The molecule has 0 saturated carbocycles. The first-order valence-electron chi connectivity index (χ1n) is 8.79. The summed E-state index contributed by atoms with van der Waals surface area (Å²) in [4.78, 5) is 38.6. The number of halogens is 4. The Morgan fingerprint density at radius 3 is 1.87 bits per heavy atom. The monoisotopic (exact) mass is 496 g/mol. The van der Waals surface area contributed by atoms with Crippen LogP contribution in [0.3, 0.4) is 0 Å². The van der Waals surface area contributed by atoms with Gasteiger partial charge in [-0.05, 0) is 19.1 Å². The molecule has 0 aliphatic heterocycles. The lowest BCUT2D eigenvalue weighted by Crippen LogP contribution is -2.33. The van der Waals surface area contributed by atoms with E-state index in [0.29, 0.717) is 11.4 Å². The maximum atomic E-state index is 13.0. The second-order valence-electron chi connectivity index (χ2n) is 6.67. The zero-order chi connectivity index (χ0) is 22.6. The van der Waals surface area contributed by atoms with Crippen molar-refractivity contribution in [3.8, 4) is 5.69 Å². The number of anilines is 1. The molecule has 0 bridgehead atoms. The third-order valence-electron chi connectivity index (χ3n) is 4.99. The third-order valence-corrected chi connectivity index (χ3v) is 6.79. The van der Waals surface area contributed by atoms with Crippen molar-refractivity contribution in [2.45, 2.75) is 6.92 Å². The summed E-state index contributed by atoms with van der Waals surface area (Å²) in [5.41, 5.74) is 1.89. The van der Waals surface area contributed by atoms with Gasteiger partial charge in [0.15, 0.2) is 5.36 Å². The maximum Gasteiger partial charge on any atom is 0.296 e. The molecule has 1 aromatic heterocycles. The Labute approximate surface area is 194 Å². The predicted molar refractivity (Wildman–Crippen MR) is 124 cm³/mol. The molecule has 1 heterocycles. The van der Waals surface area contributed by atoms with Gasteiger partial charge in [0.05, 0.1) is 42.2 Å². The van der Waals surface area contributed by atoms with E-state index in [0.717, 1.165) is 0 Å². The molecule has 0 atom stereocenters. The van der Waals surface area contributed by atoms with E-state index >= 15 is 0 Å². The second kappa shape index (κ2) is 7.84. The van der Waals surface area contributed by atoms with E-state index < -0.39 is 21.8 Å². The zero-order valence-corrected chi connectivity index (χ0v) is 19.0. The highest BCUT2D eigenvalue weighted by Gasteiger charge is 2.23. The SMILES string of the molecule is Cc1c(NN=c2c(=O)c3c(Cl)c(Cl)c(Cl)c(Cl)c3c2=O)c(=O)n(-c2ccccc2)n1C. The number of aromatic nitrogens is 2. The Hall–Kier alpha value is -2.58. The highest BCUT2D eigenvalue weighted by molar-refractivity contribution is 6.55. The van der Waals surface area contributed by atoms with Gasteiger partial charge in [-0.15, -0.1) is 0 Å². The maximum absolute atomic E-state index is 13.0. The highest BCUT2D eigenvalue weighted by atomic mass is 35.5. The number of hydrogen-bond acceptors (Lipinski definition) is 5. The lowest BCUT2D eigenvalue weighted by molar-refractivity contribution is 0.630. The van der Waals surface area contributed by atoms with Gasteiger partial charge in [0.25, 0.3) is 5.56 Å². The van der Waals surface area contributed by atoms with Crippen molar-refractivity contribution in [1.29, 1.82) is 0 Å². The molecule has 0 spiro atoms. The molecular formula is C20H12Cl4N4O3. The topological polar surface area (TPSA) is 85.5 Å². The van der Waals surface area contributed by atoms with Gasteiger partial charge in [-0.1, -0.05) is 64.6 Å². The van der Waals surface area contributed by atoms with Crippen molar-refractivity contribution in [2.24, 2.45) is 12.1 Å². The molecule has 1 N–H and O–H groups in total. The molecule has 0 radical (unpaired) electrons. The zero-order valence-electron chi connectivity index (χ0n) is 16.0. The van der Waals surface area contributed by atoms with Crippen LogP contribution in [0, 0.1) is 6.92 Å². The molecule has 11 heteroatoms. The number of rotatable bonds is 3. The minimum absolute atomic E-state index is 0.101. The fourth-order valence-corrected chi connectivity index (χ4v) is 4.33. The minimum Gasteiger partial charge on any atom is -0.287 e. The first-order valence-corrected chi connectivity index (χ1v) is 10.3. The van der Waals surface area contributed by atoms with Crippen LogP contribution in [0.1, 0.15) is 5.69 Å². The van der Waals surface area contributed by atoms with Crippen LogP contribution in [-0.4, -0.2) is 9.36 Å². The van der Waals surface area contributed by atoms with Crippen molar-refractivity contribution in [2.75, 3.05) is 5.43 Å². The summed E-state index contributed by atoms with van der Waals surface area (Å²) >= 11 is 24.3. The molecule has 31 heavy (non-hydrogen) atoms. The summed E-state index contributed by atoms with van der Waals surface area (Å²) in [6, 6.07) is 8.98. The van der Waals surface area contributed by atoms with Crippen molar-refractivity contribution in [3.05, 3.63) is 92.3 Å². The lowest BCUT2D eigenvalue weighted by atomic mass is 10.2. The van der Waals surface area contributed by atoms with E-state index in [4.69, 9.17) is 46.4 Å². The van der Waals surface area contributed by atoms with Gasteiger partial charge < -0.3 is 0 Å². The number of nitrogens with one attached hydrogen (secondary N) is 1. The minimum atomic E-state index is -0.769. The van der Waals surface area contributed by atoms with Gasteiger partial charge in [0.2, 0.25) is 10.9 Å². The fraction of sp³-hybridized carbons (Fsp3) is 0.100. The summed E-state index contributed by atoms with van der Waals surface area (Å²) in [5, 5.41) is 2.47. The molecule has 4 rings (SSSR count). The van der Waals surface area contributed by atoms with Crippen molar-refractivity contribution >= 4 is 62.9 Å². The molecule has 0 fully saturated rings. The first-order chi connectivity index (χ1) is 14.7. The Morgan fingerprint density at radius 2 is 1.35 bits per heavy atom. The van der Waals surface area contributed by atoms with E-state index in [2.05, 4.69) is 10.5 Å². The summed E-state index contributed by atoms with van der Waals surface area (Å²) < 4.78 is 3.05. The normalized spacial score (nSPS) is 11.3. The van der Waals surface area contributed by atoms with Gasteiger partial charge in [0.1, 0.15) is 5.69 Å². The average Bonchev–Trinajstić information content (AvgIpc) is 3.13. The van der Waals surface area contributed by atoms with Gasteiger partial charge in [-0.25, -0.2) is 4.68 Å². The molecule has 0 aliphatic carbocycles. The van der Waals surface area contributed by atoms with Gasteiger partial charge >= 0.3 is 0 Å². The fourth-order valence-electron chi connectivity index (χ4n) is 3.31. The van der Waals surface area contributed by atoms with Crippen LogP contribution in [0.5, 0.6) is 0 Å². The number of nitrogens with zero attached hydrogens (tertiary/aromatic N) is 3. The standard InChI is InChI=1S/C20H12Cl4N4O3/c1-8-16(20(31)28(27(8)2)9-6-4-3-5-7-9)25-26-17-18(29)10-11(19(17)30)13(22)15(24)14(23)12(10)21/h3-7,25H,1-2H3. The molecule has 0 saturated heterocycles. The van der Waals surface area contributed by atoms with E-state index in [1.807, 2.05) is 6.07 Å². The molecule has 158 valence electrons. The summed E-state index contributed by atoms with van der Waals surface area (Å²) in [5.74, 6) is 0. The van der Waals surface area contributed by atoms with E-state index in [1.54, 1.807) is 42.9 Å². The van der Waals surface area contributed by atoms with Crippen molar-refractivity contribution < 1.29 is 0 Å². The largest absolute Gasteiger partial charge is 0.296 e. The summed E-state index contributed by atoms with van der Waals surface area (Å²) in [6.07, 6.45) is 0. The molecule has 0 aliphatic rings. The Morgan fingerprint density at radius 1 is 0.839 bits per heavy atom. The van der Waals surface area contributed by atoms with Crippen molar-refractivity contribution in [3.63, 3.8) is 0 Å². The number of fused-ring (bicyclic) bond motifs is 1. The van der Waals surface area contributed by atoms with Gasteiger partial charge in [0, 0.05) is 7.05 Å². The van der Waals surface area contributed by atoms with Crippen LogP contribution in [0.4, 0.5) is 5.69 Å². The van der Waals surface area contributed by atoms with E-state index in [1.165, 1.54) is 4.68 Å². The highest BCUT2D eigenvalue weighted by Crippen LogP contribution is 2.40. The molecular weight excluding hydrogens is 486 g/mol. The van der Waals surface area contributed by atoms with Crippen LogP contribution in [0.15, 0.2) is 49.8 Å². The van der Waals surface area contributed by atoms with Crippen LogP contribution >= 0.6 is 46.4 Å². The lowest BCUT2D eigenvalue weighted by Gasteiger charge is -2.07. The predicted octanol–water partition coefficient (Wildman–Crippen LogP) is 3.78. The quantitative estimate of drug-likeness (QED) is 0.265. The van der Waals surface area contributed by atoms with E-state index in [-0.39, 0.29) is 36.6 Å². The Kier molecular flexibility index (Phi) is 5.47. The Balaban J connectivity index is 1.93. The van der Waals surface area contributed by atoms with E-state index in [9.17, 15) is 14.4 Å². The van der Waals surface area contributed by atoms with Gasteiger partial charge in [-0.2, -0.15) is 5.10 Å². The summed E-state index contributed by atoms with van der Waals surface area (Å²) in [6.45, 7) is 1.70. The average molecular weight is 498 g/mol. The molecule has 7 nitrogen and oxygen atoms in total. The molecule has 3 aromatic carbocycles. The van der Waals surface area contributed by atoms with Crippen molar-refractivity contribution in [1.82, 2.24) is 9.36 Å².